The Morgan fingerprint density at radius 2 is 1.40 bits per heavy atom. The van der Waals surface area contributed by atoms with Crippen LogP contribution in [0.1, 0.15) is 66.2 Å². The van der Waals surface area contributed by atoms with Crippen LogP contribution >= 0.6 is 0 Å². The summed E-state index contributed by atoms with van der Waals surface area (Å²) in [5.41, 5.74) is 11.8. The first-order valence-electron chi connectivity index (χ1n) is 18.8. The molecule has 0 saturated heterocycles. The highest BCUT2D eigenvalue weighted by Gasteiger charge is 2.25. The predicted octanol–water partition coefficient (Wildman–Crippen LogP) is 7.88. The highest BCUT2D eigenvalue weighted by molar-refractivity contribution is 6.12. The SMILES string of the molecule is CN(C)C=C(C#N)C(=O)c1cccc(OCc2ccccc2)c1.Cc1ccc(C(=O)NC2CC2)cc1-n1ncc(C(=O)c2cccc(OCc3ccccc3)c2)c1N. The highest BCUT2D eigenvalue weighted by atomic mass is 16.5. The molecule has 1 heterocycles. The van der Waals surface area contributed by atoms with Crippen LogP contribution in [0, 0.1) is 18.3 Å². The van der Waals surface area contributed by atoms with Crippen LogP contribution in [0.15, 0.2) is 145 Å². The average molecular weight is 773 g/mol. The first kappa shape index (κ1) is 40.2. The molecule has 0 radical (unpaired) electrons. The number of Topliss-reactive ketones (excluding diaryl/α,β-unsaturated/α-hetero) is 1. The Morgan fingerprint density at radius 3 is 1.97 bits per heavy atom. The molecule has 1 aliphatic rings. The number of aromatic nitrogens is 2. The number of nitrogens with zero attached hydrogens (tertiary/aromatic N) is 4. The first-order chi connectivity index (χ1) is 28.1. The van der Waals surface area contributed by atoms with Gasteiger partial charge in [0, 0.05) is 43.0 Å². The second-order valence-corrected chi connectivity index (χ2v) is 14.0. The van der Waals surface area contributed by atoms with Gasteiger partial charge in [-0.25, -0.2) is 4.68 Å². The van der Waals surface area contributed by atoms with Gasteiger partial charge >= 0.3 is 0 Å². The van der Waals surface area contributed by atoms with Crippen molar-refractivity contribution in [3.8, 4) is 23.3 Å². The lowest BCUT2D eigenvalue weighted by Gasteiger charge is -2.11. The average Bonchev–Trinajstić information content (AvgIpc) is 3.99. The van der Waals surface area contributed by atoms with Crippen molar-refractivity contribution in [1.29, 1.82) is 5.26 Å². The third-order valence-electron chi connectivity index (χ3n) is 9.10. The zero-order chi connectivity index (χ0) is 41.0. The summed E-state index contributed by atoms with van der Waals surface area (Å²) in [6, 6.07) is 41.1. The van der Waals surface area contributed by atoms with E-state index in [1.165, 1.54) is 17.1 Å². The lowest BCUT2D eigenvalue weighted by Crippen LogP contribution is -2.25. The molecule has 1 amide bonds. The van der Waals surface area contributed by atoms with E-state index in [0.717, 1.165) is 29.5 Å². The molecule has 11 nitrogen and oxygen atoms in total. The van der Waals surface area contributed by atoms with Gasteiger partial charge < -0.3 is 25.4 Å². The van der Waals surface area contributed by atoms with Gasteiger partial charge in [-0.1, -0.05) is 91.0 Å². The van der Waals surface area contributed by atoms with E-state index in [1.54, 1.807) is 73.6 Å². The van der Waals surface area contributed by atoms with Gasteiger partial charge in [0.15, 0.2) is 5.78 Å². The van der Waals surface area contributed by atoms with Gasteiger partial charge in [0.25, 0.3) is 5.91 Å². The summed E-state index contributed by atoms with van der Waals surface area (Å²) >= 11 is 0. The number of ketones is 2. The maximum atomic E-state index is 13.3. The summed E-state index contributed by atoms with van der Waals surface area (Å²) < 4.78 is 13.1. The standard InChI is InChI=1S/C28H26N4O3.C19H18N2O2/c1-18-10-11-21(28(34)31-22-12-13-22)15-25(18)32-27(29)24(16-30-32)26(33)20-8-5-9-23(14-20)35-17-19-6-3-2-4-7-19;1-21(2)13-17(12-20)19(22)16-9-6-10-18(11-16)23-14-15-7-4-3-5-8-15/h2-11,14-16,22H,12-13,17,29H2,1H3,(H,31,34);3-11,13H,14H2,1-2H3. The number of hydrogen-bond acceptors (Lipinski definition) is 9. The smallest absolute Gasteiger partial charge is 0.251 e. The van der Waals surface area contributed by atoms with Crippen molar-refractivity contribution in [2.45, 2.75) is 39.0 Å². The number of allylic oxidation sites excluding steroid dienone is 1. The van der Waals surface area contributed by atoms with E-state index in [2.05, 4.69) is 10.4 Å². The van der Waals surface area contributed by atoms with Crippen LogP contribution in [0.4, 0.5) is 5.82 Å². The number of amides is 1. The van der Waals surface area contributed by atoms with E-state index in [4.69, 9.17) is 20.5 Å². The van der Waals surface area contributed by atoms with Crippen LogP contribution in [0.5, 0.6) is 11.5 Å². The van der Waals surface area contributed by atoms with Crippen LogP contribution in [-0.4, -0.2) is 52.3 Å². The van der Waals surface area contributed by atoms with Crippen LogP contribution < -0.4 is 20.5 Å². The van der Waals surface area contributed by atoms with E-state index >= 15 is 0 Å². The van der Waals surface area contributed by atoms with E-state index < -0.39 is 0 Å². The fourth-order valence-electron chi connectivity index (χ4n) is 5.84. The number of nitrogens with two attached hydrogens (primary N) is 1. The first-order valence-corrected chi connectivity index (χ1v) is 18.8. The molecule has 292 valence electrons. The molecule has 0 atom stereocenters. The number of nitrogens with one attached hydrogen (secondary N) is 1. The fraction of sp³-hybridized carbons (Fsp3) is 0.170. The van der Waals surface area contributed by atoms with Gasteiger partial charge in [0.05, 0.1) is 17.4 Å². The Kier molecular flexibility index (Phi) is 13.1. The topological polar surface area (TPSA) is 153 Å². The fourth-order valence-corrected chi connectivity index (χ4v) is 5.84. The van der Waals surface area contributed by atoms with E-state index in [9.17, 15) is 14.4 Å². The molecule has 0 spiro atoms. The van der Waals surface area contributed by atoms with E-state index in [0.29, 0.717) is 47.1 Å². The van der Waals surface area contributed by atoms with Gasteiger partial charge in [-0.15, -0.1) is 0 Å². The van der Waals surface area contributed by atoms with E-state index in [-0.39, 0.29) is 40.5 Å². The largest absolute Gasteiger partial charge is 0.489 e. The molecule has 1 aliphatic carbocycles. The third kappa shape index (κ3) is 10.6. The molecule has 6 aromatic rings. The number of carbonyl (C=O) groups is 3. The Labute approximate surface area is 337 Å². The number of nitrogen functional groups attached to an aromatic ring is 1. The molecule has 11 heteroatoms. The lowest BCUT2D eigenvalue weighted by atomic mass is 10.0. The number of hydrogen-bond donors (Lipinski definition) is 2. The van der Waals surface area contributed by atoms with Gasteiger partial charge in [0.2, 0.25) is 5.78 Å². The van der Waals surface area contributed by atoms with Gasteiger partial charge in [0.1, 0.15) is 42.2 Å². The van der Waals surface area contributed by atoms with Crippen molar-refractivity contribution in [2.75, 3.05) is 19.8 Å². The number of rotatable bonds is 14. The van der Waals surface area contributed by atoms with E-state index in [1.807, 2.05) is 85.8 Å². The monoisotopic (exact) mass is 772 g/mol. The number of nitriles is 1. The Hall–Kier alpha value is -7.45. The van der Waals surface area contributed by atoms with Gasteiger partial charge in [-0.2, -0.15) is 10.4 Å². The predicted molar refractivity (Wildman–Crippen MR) is 223 cm³/mol. The highest BCUT2D eigenvalue weighted by Crippen LogP contribution is 2.26. The third-order valence-corrected chi connectivity index (χ3v) is 9.10. The van der Waals surface area contributed by atoms with Crippen molar-refractivity contribution in [3.05, 3.63) is 184 Å². The molecule has 7 rings (SSSR count). The molecular formula is C47H44N6O5. The second kappa shape index (κ2) is 18.9. The second-order valence-electron chi connectivity index (χ2n) is 14.0. The quantitative estimate of drug-likeness (QED) is 0.0640. The summed E-state index contributed by atoms with van der Waals surface area (Å²) in [5, 5.41) is 16.5. The van der Waals surface area contributed by atoms with Crippen LogP contribution in [0.2, 0.25) is 0 Å². The number of ether oxygens (including phenoxy) is 2. The molecule has 1 saturated carbocycles. The summed E-state index contributed by atoms with van der Waals surface area (Å²) in [4.78, 5) is 39.8. The lowest BCUT2D eigenvalue weighted by molar-refractivity contribution is 0.0949. The number of anilines is 1. The summed E-state index contributed by atoms with van der Waals surface area (Å²) in [7, 11) is 3.54. The minimum absolute atomic E-state index is 0.0928. The molecule has 3 N–H and O–H groups in total. The van der Waals surface area contributed by atoms with Crippen molar-refractivity contribution in [1.82, 2.24) is 20.0 Å². The molecule has 0 unspecified atom stereocenters. The Morgan fingerprint density at radius 1 is 0.810 bits per heavy atom. The number of carbonyl (C=O) groups excluding carboxylic acids is 3. The van der Waals surface area contributed by atoms with Crippen molar-refractivity contribution in [2.24, 2.45) is 0 Å². The Balaban J connectivity index is 0.000000214. The Bertz CT molecular complexity index is 2470. The molecule has 58 heavy (non-hydrogen) atoms. The van der Waals surface area contributed by atoms with Gasteiger partial charge in [-0.3, -0.25) is 14.4 Å². The minimum Gasteiger partial charge on any atom is -0.489 e. The molecule has 1 fully saturated rings. The minimum atomic E-state index is -0.314. The number of aryl methyl sites for hydroxylation is 1. The van der Waals surface area contributed by atoms with Crippen LogP contribution in [0.3, 0.4) is 0 Å². The van der Waals surface area contributed by atoms with Crippen molar-refractivity contribution in [3.63, 3.8) is 0 Å². The molecule has 0 aliphatic heterocycles. The van der Waals surface area contributed by atoms with Crippen molar-refractivity contribution < 1.29 is 23.9 Å². The van der Waals surface area contributed by atoms with Crippen molar-refractivity contribution >= 4 is 23.3 Å². The van der Waals surface area contributed by atoms with Crippen LogP contribution in [0.25, 0.3) is 5.69 Å². The maximum Gasteiger partial charge on any atom is 0.251 e. The zero-order valence-corrected chi connectivity index (χ0v) is 32.6. The summed E-state index contributed by atoms with van der Waals surface area (Å²) in [6.07, 6.45) is 5.01. The number of benzene rings is 5. The summed E-state index contributed by atoms with van der Waals surface area (Å²) in [6.45, 7) is 2.74. The molecular weight excluding hydrogens is 729 g/mol. The molecule has 5 aromatic carbocycles. The molecule has 1 aromatic heterocycles. The molecule has 0 bridgehead atoms. The normalized spacial score (nSPS) is 12.0. The maximum absolute atomic E-state index is 13.3. The zero-order valence-electron chi connectivity index (χ0n) is 32.6. The summed E-state index contributed by atoms with van der Waals surface area (Å²) in [5.74, 6) is 0.722. The van der Waals surface area contributed by atoms with Gasteiger partial charge in [-0.05, 0) is 72.9 Å². The van der Waals surface area contributed by atoms with Crippen LogP contribution in [-0.2, 0) is 13.2 Å².